The van der Waals surface area contributed by atoms with Gasteiger partial charge in [-0.15, -0.1) is 0 Å². The number of alkyl halides is 3. The number of anilines is 1. The summed E-state index contributed by atoms with van der Waals surface area (Å²) < 4.78 is 40.0. The molecule has 0 radical (unpaired) electrons. The van der Waals surface area contributed by atoms with Crippen LogP contribution < -0.4 is 4.90 Å². The van der Waals surface area contributed by atoms with Crippen LogP contribution in [0.25, 0.3) is 10.9 Å². The summed E-state index contributed by atoms with van der Waals surface area (Å²) in [5, 5.41) is 8.75. The lowest BCUT2D eigenvalue weighted by Gasteiger charge is -2.24. The van der Waals surface area contributed by atoms with E-state index in [-0.39, 0.29) is 11.3 Å². The Labute approximate surface area is 133 Å². The molecule has 0 aromatic heterocycles. The predicted octanol–water partition coefficient (Wildman–Crippen LogP) is 4.87. The highest BCUT2D eigenvalue weighted by molar-refractivity contribution is 5.66. The van der Waals surface area contributed by atoms with Gasteiger partial charge in [0, 0.05) is 18.8 Å². The van der Waals surface area contributed by atoms with Gasteiger partial charge < -0.3 is 4.90 Å². The highest BCUT2D eigenvalue weighted by Crippen LogP contribution is 2.36. The Hall–Kier alpha value is -2.47. The monoisotopic (exact) mass is 319 g/mol. The second-order valence-corrected chi connectivity index (χ2v) is 5.42. The summed E-state index contributed by atoms with van der Waals surface area (Å²) in [6.45, 7) is 8.30. The lowest BCUT2D eigenvalue weighted by atomic mass is 10.0. The Balaban J connectivity index is 2.45. The molecule has 6 heteroatoms. The first-order valence-electron chi connectivity index (χ1n) is 7.41. The molecule has 1 aliphatic heterocycles. The summed E-state index contributed by atoms with van der Waals surface area (Å²) in [6, 6.07) is 5.68. The zero-order chi connectivity index (χ0) is 16.9. The van der Waals surface area contributed by atoms with Gasteiger partial charge in [-0.3, -0.25) is 0 Å². The maximum Gasteiger partial charge on any atom is 0.417 e. The molecule has 0 unspecified atom stereocenters. The van der Waals surface area contributed by atoms with Gasteiger partial charge in [-0.05, 0) is 36.6 Å². The topological polar surface area (TPSA) is 31.4 Å². The molecule has 0 aliphatic carbocycles. The highest BCUT2D eigenvalue weighted by Gasteiger charge is 2.33. The van der Waals surface area contributed by atoms with Crippen molar-refractivity contribution in [1.82, 2.24) is 0 Å². The van der Waals surface area contributed by atoms with Gasteiger partial charge in [-0.2, -0.15) is 13.2 Å². The molecule has 0 saturated carbocycles. The van der Waals surface area contributed by atoms with Crippen LogP contribution in [0.4, 0.5) is 18.9 Å². The van der Waals surface area contributed by atoms with Crippen LogP contribution in [0.15, 0.2) is 23.9 Å². The molecule has 1 aromatic carbocycles. The van der Waals surface area contributed by atoms with Gasteiger partial charge in [-0.1, -0.05) is 18.9 Å². The molecule has 1 fully saturated rings. The maximum atomic E-state index is 13.3. The second-order valence-electron chi connectivity index (χ2n) is 5.42. The smallest absolute Gasteiger partial charge is 0.372 e. The van der Waals surface area contributed by atoms with Crippen molar-refractivity contribution >= 4 is 11.8 Å². The number of hydrogen-bond acceptors (Lipinski definition) is 2. The van der Waals surface area contributed by atoms with Crippen molar-refractivity contribution in [3.8, 4) is 6.07 Å². The van der Waals surface area contributed by atoms with E-state index in [4.69, 9.17) is 11.8 Å². The summed E-state index contributed by atoms with van der Waals surface area (Å²) in [5.74, 6) is 0. The highest BCUT2D eigenvalue weighted by atomic mass is 19.4. The molecule has 23 heavy (non-hydrogen) atoms. The predicted molar refractivity (Wildman–Crippen MR) is 82.3 cm³/mol. The molecule has 0 N–H and O–H groups in total. The summed E-state index contributed by atoms with van der Waals surface area (Å²) >= 11 is 0. The standard InChI is InChI=1S/C17H16F3N3/c1-22-14(12-21)10-13-6-7-15(11-16(13)17(18,19)20)23-8-4-2-3-5-9-23/h6-7,10-11H,2-5,8-9H2/b14-10-. The second kappa shape index (κ2) is 7.19. The average Bonchev–Trinajstić information content (AvgIpc) is 2.81. The fraction of sp³-hybridized carbons (Fsp3) is 0.412. The molecule has 0 bridgehead atoms. The lowest BCUT2D eigenvalue weighted by molar-refractivity contribution is -0.137. The number of halogens is 3. The van der Waals surface area contributed by atoms with E-state index in [2.05, 4.69) is 4.85 Å². The lowest BCUT2D eigenvalue weighted by Crippen LogP contribution is -2.24. The molecule has 0 amide bonds. The summed E-state index contributed by atoms with van der Waals surface area (Å²) in [4.78, 5) is 4.89. The van der Waals surface area contributed by atoms with E-state index in [0.717, 1.165) is 50.9 Å². The first-order valence-corrected chi connectivity index (χ1v) is 7.41. The molecular weight excluding hydrogens is 303 g/mol. The minimum atomic E-state index is -4.53. The fourth-order valence-corrected chi connectivity index (χ4v) is 2.68. The van der Waals surface area contributed by atoms with Crippen molar-refractivity contribution in [3.63, 3.8) is 0 Å². The van der Waals surface area contributed by atoms with Crippen LogP contribution in [0.3, 0.4) is 0 Å². The number of rotatable bonds is 2. The van der Waals surface area contributed by atoms with Crippen LogP contribution >= 0.6 is 0 Å². The molecule has 3 nitrogen and oxygen atoms in total. The van der Waals surface area contributed by atoms with Crippen molar-refractivity contribution < 1.29 is 13.2 Å². The van der Waals surface area contributed by atoms with Gasteiger partial charge in [0.2, 0.25) is 0 Å². The maximum absolute atomic E-state index is 13.3. The molecule has 1 aliphatic rings. The van der Waals surface area contributed by atoms with E-state index in [0.29, 0.717) is 5.69 Å². The summed E-state index contributed by atoms with van der Waals surface area (Å²) in [7, 11) is 0. The van der Waals surface area contributed by atoms with Gasteiger partial charge in [0.1, 0.15) is 0 Å². The van der Waals surface area contributed by atoms with Crippen LogP contribution in [0.2, 0.25) is 0 Å². The third-order valence-corrected chi connectivity index (χ3v) is 3.84. The van der Waals surface area contributed by atoms with Crippen LogP contribution in [0.1, 0.15) is 36.8 Å². The Kier molecular flexibility index (Phi) is 5.28. The van der Waals surface area contributed by atoms with Crippen molar-refractivity contribution in [2.24, 2.45) is 0 Å². The average molecular weight is 319 g/mol. The van der Waals surface area contributed by atoms with Crippen molar-refractivity contribution in [1.29, 1.82) is 5.26 Å². The molecule has 0 atom stereocenters. The molecule has 1 heterocycles. The van der Waals surface area contributed by atoms with Gasteiger partial charge in [0.05, 0.1) is 18.2 Å². The molecule has 1 aromatic rings. The van der Waals surface area contributed by atoms with E-state index in [9.17, 15) is 13.2 Å². The van der Waals surface area contributed by atoms with Crippen molar-refractivity contribution in [2.45, 2.75) is 31.9 Å². The van der Waals surface area contributed by atoms with Gasteiger partial charge >= 0.3 is 6.18 Å². The van der Waals surface area contributed by atoms with Gasteiger partial charge in [0.25, 0.3) is 5.70 Å². The molecule has 0 spiro atoms. The first kappa shape index (κ1) is 16.9. The van der Waals surface area contributed by atoms with E-state index in [1.165, 1.54) is 6.07 Å². The van der Waals surface area contributed by atoms with Crippen molar-refractivity contribution in [3.05, 3.63) is 46.4 Å². The largest absolute Gasteiger partial charge is 0.417 e. The van der Waals surface area contributed by atoms with Crippen LogP contribution in [0.5, 0.6) is 0 Å². The number of nitriles is 1. The molecule has 120 valence electrons. The number of allylic oxidation sites excluding steroid dienone is 1. The minimum absolute atomic E-state index is 0.149. The first-order chi connectivity index (χ1) is 11.0. The van der Waals surface area contributed by atoms with Crippen molar-refractivity contribution in [2.75, 3.05) is 18.0 Å². The normalized spacial score (nSPS) is 16.4. The Morgan fingerprint density at radius 1 is 1.22 bits per heavy atom. The third kappa shape index (κ3) is 4.26. The molecular formula is C17H16F3N3. The Morgan fingerprint density at radius 3 is 2.39 bits per heavy atom. The van der Waals surface area contributed by atoms with Crippen LogP contribution in [0, 0.1) is 17.9 Å². The Morgan fingerprint density at radius 2 is 1.87 bits per heavy atom. The molecule has 1 saturated heterocycles. The Bertz CT molecular complexity index is 654. The van der Waals surface area contributed by atoms with Crippen LogP contribution in [-0.4, -0.2) is 13.1 Å². The number of hydrogen-bond donors (Lipinski definition) is 0. The van der Waals surface area contributed by atoms with E-state index in [1.54, 1.807) is 12.1 Å². The fourth-order valence-electron chi connectivity index (χ4n) is 2.68. The number of benzene rings is 1. The zero-order valence-electron chi connectivity index (χ0n) is 12.5. The third-order valence-electron chi connectivity index (χ3n) is 3.84. The van der Waals surface area contributed by atoms with E-state index in [1.807, 2.05) is 4.90 Å². The summed E-state index contributed by atoms with van der Waals surface area (Å²) in [5.41, 5.74) is -0.782. The van der Waals surface area contributed by atoms with E-state index >= 15 is 0 Å². The molecule has 2 rings (SSSR count). The quantitative estimate of drug-likeness (QED) is 0.575. The van der Waals surface area contributed by atoms with Gasteiger partial charge in [-0.25, -0.2) is 10.1 Å². The van der Waals surface area contributed by atoms with Crippen LogP contribution in [-0.2, 0) is 6.18 Å². The number of nitrogens with zero attached hydrogens (tertiary/aromatic N) is 3. The minimum Gasteiger partial charge on any atom is -0.372 e. The summed E-state index contributed by atoms with van der Waals surface area (Å²) in [6.07, 6.45) is 0.594. The zero-order valence-corrected chi connectivity index (χ0v) is 12.5. The van der Waals surface area contributed by atoms with E-state index < -0.39 is 11.7 Å². The SMILES string of the molecule is [C-]#[N+]/C(C#N)=C\c1ccc(N2CCCCCC2)cc1C(F)(F)F. The van der Waals surface area contributed by atoms with Gasteiger partial charge in [0.15, 0.2) is 0 Å².